The van der Waals surface area contributed by atoms with Gasteiger partial charge in [0.2, 0.25) is 0 Å². The summed E-state index contributed by atoms with van der Waals surface area (Å²) < 4.78 is 51.1. The smallest absolute Gasteiger partial charge is 0.397 e. The van der Waals surface area contributed by atoms with Crippen LogP contribution in [0, 0.1) is 0 Å². The third kappa shape index (κ3) is 3.67. The summed E-state index contributed by atoms with van der Waals surface area (Å²) >= 11 is 0. The molecule has 1 rings (SSSR count). The van der Waals surface area contributed by atoms with Gasteiger partial charge in [0, 0.05) is 0 Å². The number of aromatic nitrogens is 1. The molecule has 2 nitrogen and oxygen atoms in total. The van der Waals surface area contributed by atoms with Gasteiger partial charge in [-0.05, 0) is 36.8 Å². The molecule has 0 saturated heterocycles. The van der Waals surface area contributed by atoms with Crippen LogP contribution >= 0.6 is 0 Å². The molecule has 2 N–H and O–H groups in total. The van der Waals surface area contributed by atoms with E-state index in [4.69, 9.17) is 5.73 Å². The van der Waals surface area contributed by atoms with Gasteiger partial charge in [0.15, 0.2) is 5.69 Å². The lowest BCUT2D eigenvalue weighted by molar-refractivity contribution is -0.140. The van der Waals surface area contributed by atoms with E-state index in [1.165, 1.54) is 12.1 Å². The number of hydrogen-bond acceptors (Lipinski definition) is 2. The van der Waals surface area contributed by atoms with Gasteiger partial charge >= 0.3 is 6.18 Å². The lowest BCUT2D eigenvalue weighted by atomic mass is 10.1. The van der Waals surface area contributed by atoms with Crippen molar-refractivity contribution in [2.45, 2.75) is 13.1 Å². The van der Waals surface area contributed by atoms with Crippen molar-refractivity contribution in [1.29, 1.82) is 0 Å². The van der Waals surface area contributed by atoms with Crippen LogP contribution in [0.2, 0.25) is 0 Å². The highest BCUT2D eigenvalue weighted by atomic mass is 19.4. The molecule has 1 aromatic heterocycles. The molecule has 1 aromatic rings. The van der Waals surface area contributed by atoms with Crippen LogP contribution < -0.4 is 5.73 Å². The van der Waals surface area contributed by atoms with Crippen molar-refractivity contribution in [1.82, 2.24) is 4.98 Å². The molecule has 0 radical (unpaired) electrons. The maximum atomic E-state index is 13.1. The normalized spacial score (nSPS) is 13.5. The summed E-state index contributed by atoms with van der Waals surface area (Å²) in [6.07, 6.45) is -1.21. The first-order valence-electron chi connectivity index (χ1n) is 5.29. The first-order valence-corrected chi connectivity index (χ1v) is 5.29. The average molecular weight is 272 g/mol. The molecule has 1 heterocycles. The molecule has 0 aliphatic heterocycles. The van der Waals surface area contributed by atoms with E-state index in [0.29, 0.717) is 0 Å². The van der Waals surface area contributed by atoms with Crippen molar-refractivity contribution in [3.8, 4) is 0 Å². The first-order chi connectivity index (χ1) is 8.79. The summed E-state index contributed by atoms with van der Waals surface area (Å²) in [7, 11) is 0. The van der Waals surface area contributed by atoms with Crippen LogP contribution in [-0.4, -0.2) is 4.98 Å². The van der Waals surface area contributed by atoms with Crippen molar-refractivity contribution in [2.75, 3.05) is 5.73 Å². The van der Waals surface area contributed by atoms with Crippen LogP contribution in [0.3, 0.4) is 0 Å². The Hall–Kier alpha value is -2.11. The Morgan fingerprint density at radius 1 is 1.37 bits per heavy atom. The van der Waals surface area contributed by atoms with Gasteiger partial charge in [-0.2, -0.15) is 13.2 Å². The molecule has 0 aromatic carbocycles. The van der Waals surface area contributed by atoms with Gasteiger partial charge < -0.3 is 5.73 Å². The molecule has 0 spiro atoms. The molecule has 0 saturated carbocycles. The van der Waals surface area contributed by atoms with Gasteiger partial charge in [-0.15, -0.1) is 0 Å². The Bertz CT molecular complexity index is 542. The average Bonchev–Trinajstić information content (AvgIpc) is 2.35. The number of rotatable bonds is 3. The largest absolute Gasteiger partial charge is 0.435 e. The minimum Gasteiger partial charge on any atom is -0.397 e. The highest BCUT2D eigenvalue weighted by molar-refractivity contribution is 5.73. The maximum Gasteiger partial charge on any atom is 0.435 e. The van der Waals surface area contributed by atoms with Gasteiger partial charge in [0.1, 0.15) is 5.83 Å². The number of pyridine rings is 1. The Morgan fingerprint density at radius 3 is 2.47 bits per heavy atom. The monoisotopic (exact) mass is 272 g/mol. The fourth-order valence-electron chi connectivity index (χ4n) is 1.37. The summed E-state index contributed by atoms with van der Waals surface area (Å²) in [5.74, 6) is -0.666. The molecule has 19 heavy (non-hydrogen) atoms. The molecule has 102 valence electrons. The minimum atomic E-state index is -4.65. The van der Waals surface area contributed by atoms with E-state index < -0.39 is 23.4 Å². The predicted molar refractivity (Wildman–Crippen MR) is 66.7 cm³/mol. The van der Waals surface area contributed by atoms with E-state index in [1.54, 1.807) is 6.92 Å². The van der Waals surface area contributed by atoms with E-state index in [1.807, 2.05) is 0 Å². The third-order valence-corrected chi connectivity index (χ3v) is 2.29. The second kappa shape index (κ2) is 5.69. The van der Waals surface area contributed by atoms with Gasteiger partial charge in [0.05, 0.1) is 11.4 Å². The molecule has 0 amide bonds. The summed E-state index contributed by atoms with van der Waals surface area (Å²) in [4.78, 5) is 3.44. The van der Waals surface area contributed by atoms with E-state index in [9.17, 15) is 17.6 Å². The lowest BCUT2D eigenvalue weighted by Crippen LogP contribution is -2.12. The van der Waals surface area contributed by atoms with Gasteiger partial charge in [-0.25, -0.2) is 9.37 Å². The number of alkyl halides is 3. The molecular formula is C13H12F4N2. The Balaban J connectivity index is 3.33. The van der Waals surface area contributed by atoms with E-state index in [2.05, 4.69) is 11.6 Å². The molecular weight excluding hydrogens is 260 g/mol. The number of halogens is 4. The second-order valence-electron chi connectivity index (χ2n) is 3.61. The zero-order valence-corrected chi connectivity index (χ0v) is 10.1. The van der Waals surface area contributed by atoms with Crippen molar-refractivity contribution >= 4 is 11.3 Å². The molecule has 0 fully saturated rings. The Labute approximate surface area is 108 Å². The van der Waals surface area contributed by atoms with Crippen LogP contribution in [0.4, 0.5) is 23.2 Å². The van der Waals surface area contributed by atoms with E-state index >= 15 is 0 Å². The Kier molecular flexibility index (Phi) is 4.47. The number of nitrogens with two attached hydrogens (primary N) is 1. The summed E-state index contributed by atoms with van der Waals surface area (Å²) in [5.41, 5.74) is 3.78. The number of hydrogen-bond donors (Lipinski definition) is 1. The van der Waals surface area contributed by atoms with Crippen molar-refractivity contribution in [2.24, 2.45) is 0 Å². The SMILES string of the molecule is C=C/C(F)=C\C(=C/C)c1ccc(N)c(C(F)(F)F)n1. The fourth-order valence-corrected chi connectivity index (χ4v) is 1.37. The maximum absolute atomic E-state index is 13.1. The molecule has 0 bridgehead atoms. The topological polar surface area (TPSA) is 38.9 Å². The van der Waals surface area contributed by atoms with Crippen LogP contribution in [0.5, 0.6) is 0 Å². The standard InChI is InChI=1S/C13H12F4N2/c1-3-8(7-9(14)4-2)11-6-5-10(18)12(19-11)13(15,16)17/h3-7H,2,18H2,1H3/b8-3+,9-7+. The molecule has 0 aliphatic rings. The zero-order valence-electron chi connectivity index (χ0n) is 10.1. The summed E-state index contributed by atoms with van der Waals surface area (Å²) in [6.45, 7) is 4.78. The van der Waals surface area contributed by atoms with Gasteiger partial charge in [-0.1, -0.05) is 12.7 Å². The van der Waals surface area contributed by atoms with Crippen LogP contribution in [0.25, 0.3) is 5.57 Å². The lowest BCUT2D eigenvalue weighted by Gasteiger charge is -2.11. The Morgan fingerprint density at radius 2 is 2.00 bits per heavy atom. The van der Waals surface area contributed by atoms with Crippen molar-refractivity contribution in [3.63, 3.8) is 0 Å². The predicted octanol–water partition coefficient (Wildman–Crippen LogP) is 4.13. The number of allylic oxidation sites excluding steroid dienone is 5. The van der Waals surface area contributed by atoms with Crippen LogP contribution in [-0.2, 0) is 6.18 Å². The number of anilines is 1. The van der Waals surface area contributed by atoms with E-state index in [0.717, 1.165) is 18.2 Å². The summed E-state index contributed by atoms with van der Waals surface area (Å²) in [5, 5.41) is 0. The third-order valence-electron chi connectivity index (χ3n) is 2.29. The highest BCUT2D eigenvalue weighted by Gasteiger charge is 2.35. The quantitative estimate of drug-likeness (QED) is 0.664. The minimum absolute atomic E-state index is 0.0129. The number of nitrogen functional groups attached to an aromatic ring is 1. The van der Waals surface area contributed by atoms with Crippen LogP contribution in [0.15, 0.2) is 42.8 Å². The highest BCUT2D eigenvalue weighted by Crippen LogP contribution is 2.33. The molecule has 0 atom stereocenters. The van der Waals surface area contributed by atoms with Gasteiger partial charge in [0.25, 0.3) is 0 Å². The second-order valence-corrected chi connectivity index (χ2v) is 3.61. The molecule has 6 heteroatoms. The molecule has 0 unspecified atom stereocenters. The van der Waals surface area contributed by atoms with Gasteiger partial charge in [-0.3, -0.25) is 0 Å². The van der Waals surface area contributed by atoms with Crippen molar-refractivity contribution in [3.05, 3.63) is 54.2 Å². The van der Waals surface area contributed by atoms with E-state index in [-0.39, 0.29) is 11.3 Å². The summed E-state index contributed by atoms with van der Waals surface area (Å²) in [6, 6.07) is 2.39. The molecule has 0 aliphatic carbocycles. The van der Waals surface area contributed by atoms with Crippen molar-refractivity contribution < 1.29 is 17.6 Å². The zero-order chi connectivity index (χ0) is 14.6. The number of nitrogens with zero attached hydrogens (tertiary/aromatic N) is 1. The fraction of sp³-hybridized carbons (Fsp3) is 0.154. The van der Waals surface area contributed by atoms with Crippen LogP contribution in [0.1, 0.15) is 18.3 Å². The first kappa shape index (κ1) is 14.9.